The molecule has 3 rings (SSSR count). The second-order valence-corrected chi connectivity index (χ2v) is 6.71. The quantitative estimate of drug-likeness (QED) is 0.692. The van der Waals surface area contributed by atoms with Crippen LogP contribution in [0, 0.1) is 13.8 Å². The second-order valence-electron chi connectivity index (χ2n) is 6.71. The molecule has 1 heterocycles. The van der Waals surface area contributed by atoms with Crippen molar-refractivity contribution in [3.8, 4) is 5.69 Å². The van der Waals surface area contributed by atoms with Crippen molar-refractivity contribution in [2.45, 2.75) is 27.3 Å². The number of amides is 1. The van der Waals surface area contributed by atoms with Gasteiger partial charge in [-0.15, -0.1) is 0 Å². The maximum Gasteiger partial charge on any atom is 0.239 e. The number of aromatic nitrogens is 2. The zero-order valence-corrected chi connectivity index (χ0v) is 16.1. The molecule has 0 aliphatic heterocycles. The molecule has 140 valence electrons. The van der Waals surface area contributed by atoms with Gasteiger partial charge in [-0.2, -0.15) is 5.10 Å². The molecule has 5 heteroatoms. The molecule has 0 unspecified atom stereocenters. The Morgan fingerprint density at radius 2 is 1.78 bits per heavy atom. The molecule has 0 fully saturated rings. The predicted octanol–water partition coefficient (Wildman–Crippen LogP) is 3.95. The zero-order chi connectivity index (χ0) is 19.2. The first-order valence-corrected chi connectivity index (χ1v) is 9.25. The number of hydrogen-bond acceptors (Lipinski definition) is 3. The van der Waals surface area contributed by atoms with Crippen molar-refractivity contribution >= 4 is 11.7 Å². The van der Waals surface area contributed by atoms with Crippen LogP contribution in [0.1, 0.15) is 23.7 Å². The molecule has 1 aromatic heterocycles. The standard InChI is InChI=1S/C22H26N4O/c1-4-25(15-19-11-6-5-7-12-19)16-22(27)23-21-14-18(3)24-26(21)20-13-9-8-10-17(20)2/h5-14H,4,15-16H2,1-3H3,(H,23,27). The van der Waals surface area contributed by atoms with E-state index >= 15 is 0 Å². The maximum atomic E-state index is 12.7. The lowest BCUT2D eigenvalue weighted by Gasteiger charge is -2.20. The molecule has 0 aliphatic rings. The first kappa shape index (κ1) is 18.9. The summed E-state index contributed by atoms with van der Waals surface area (Å²) in [6.45, 7) is 7.93. The molecule has 0 bridgehead atoms. The van der Waals surface area contributed by atoms with Gasteiger partial charge in [0.25, 0.3) is 0 Å². The molecule has 2 aromatic carbocycles. The molecule has 0 saturated carbocycles. The number of nitrogens with one attached hydrogen (secondary N) is 1. The van der Waals surface area contributed by atoms with Gasteiger partial charge in [-0.25, -0.2) is 4.68 Å². The number of aryl methyl sites for hydroxylation is 2. The van der Waals surface area contributed by atoms with E-state index in [0.717, 1.165) is 30.0 Å². The summed E-state index contributed by atoms with van der Waals surface area (Å²) >= 11 is 0. The van der Waals surface area contributed by atoms with Crippen LogP contribution >= 0.6 is 0 Å². The summed E-state index contributed by atoms with van der Waals surface area (Å²) in [6, 6.07) is 20.1. The van der Waals surface area contributed by atoms with Crippen LogP contribution in [-0.2, 0) is 11.3 Å². The van der Waals surface area contributed by atoms with Crippen molar-refractivity contribution in [1.82, 2.24) is 14.7 Å². The van der Waals surface area contributed by atoms with Gasteiger partial charge in [0.1, 0.15) is 5.82 Å². The minimum atomic E-state index is -0.0393. The number of para-hydroxylation sites is 1. The van der Waals surface area contributed by atoms with E-state index in [-0.39, 0.29) is 5.91 Å². The Kier molecular flexibility index (Phi) is 6.04. The fourth-order valence-electron chi connectivity index (χ4n) is 3.08. The number of carbonyl (C=O) groups is 1. The summed E-state index contributed by atoms with van der Waals surface area (Å²) in [5.74, 6) is 0.657. The van der Waals surface area contributed by atoms with Crippen LogP contribution in [-0.4, -0.2) is 33.7 Å². The molecule has 0 atom stereocenters. The Bertz CT molecular complexity index is 902. The molecule has 0 spiro atoms. The van der Waals surface area contributed by atoms with E-state index in [4.69, 9.17) is 0 Å². The van der Waals surface area contributed by atoms with Crippen LogP contribution in [0.3, 0.4) is 0 Å². The second kappa shape index (κ2) is 8.64. The van der Waals surface area contributed by atoms with E-state index in [0.29, 0.717) is 12.4 Å². The predicted molar refractivity (Wildman–Crippen MR) is 109 cm³/mol. The zero-order valence-electron chi connectivity index (χ0n) is 16.1. The minimum absolute atomic E-state index is 0.0393. The molecule has 1 N–H and O–H groups in total. The van der Waals surface area contributed by atoms with Crippen LogP contribution in [0.25, 0.3) is 5.69 Å². The van der Waals surface area contributed by atoms with Gasteiger partial charge >= 0.3 is 0 Å². The highest BCUT2D eigenvalue weighted by Gasteiger charge is 2.14. The number of anilines is 1. The highest BCUT2D eigenvalue weighted by Crippen LogP contribution is 2.20. The number of rotatable bonds is 7. The van der Waals surface area contributed by atoms with Gasteiger partial charge in [-0.1, -0.05) is 55.5 Å². The highest BCUT2D eigenvalue weighted by atomic mass is 16.2. The Balaban J connectivity index is 1.72. The molecule has 27 heavy (non-hydrogen) atoms. The molecule has 5 nitrogen and oxygen atoms in total. The van der Waals surface area contributed by atoms with Gasteiger partial charge < -0.3 is 5.32 Å². The molecule has 0 saturated heterocycles. The van der Waals surface area contributed by atoms with E-state index in [1.165, 1.54) is 5.56 Å². The van der Waals surface area contributed by atoms with Gasteiger partial charge in [-0.05, 0) is 37.6 Å². The molecule has 3 aromatic rings. The summed E-state index contributed by atoms with van der Waals surface area (Å²) < 4.78 is 1.80. The van der Waals surface area contributed by atoms with Crippen LogP contribution in [0.4, 0.5) is 5.82 Å². The summed E-state index contributed by atoms with van der Waals surface area (Å²) in [7, 11) is 0. The van der Waals surface area contributed by atoms with Gasteiger partial charge in [0.05, 0.1) is 17.9 Å². The smallest absolute Gasteiger partial charge is 0.239 e. The lowest BCUT2D eigenvalue weighted by atomic mass is 10.2. The van der Waals surface area contributed by atoms with Crippen molar-refractivity contribution in [1.29, 1.82) is 0 Å². The summed E-state index contributed by atoms with van der Waals surface area (Å²) in [5.41, 5.74) is 4.14. The lowest BCUT2D eigenvalue weighted by Crippen LogP contribution is -2.33. The normalized spacial score (nSPS) is 11.0. The van der Waals surface area contributed by atoms with E-state index < -0.39 is 0 Å². The van der Waals surface area contributed by atoms with Crippen molar-refractivity contribution in [2.75, 3.05) is 18.4 Å². The number of benzene rings is 2. The highest BCUT2D eigenvalue weighted by molar-refractivity contribution is 5.91. The van der Waals surface area contributed by atoms with Crippen molar-refractivity contribution < 1.29 is 4.79 Å². The fourth-order valence-corrected chi connectivity index (χ4v) is 3.08. The first-order valence-electron chi connectivity index (χ1n) is 9.25. The fraction of sp³-hybridized carbons (Fsp3) is 0.273. The van der Waals surface area contributed by atoms with Crippen molar-refractivity contribution in [3.63, 3.8) is 0 Å². The number of hydrogen-bond donors (Lipinski definition) is 1. The Morgan fingerprint density at radius 1 is 1.07 bits per heavy atom. The summed E-state index contributed by atoms with van der Waals surface area (Å²) in [5, 5.41) is 7.58. The SMILES string of the molecule is CCN(CC(=O)Nc1cc(C)nn1-c1ccccc1C)Cc1ccccc1. The summed E-state index contributed by atoms with van der Waals surface area (Å²) in [4.78, 5) is 14.8. The van der Waals surface area contributed by atoms with Gasteiger partial charge in [0.15, 0.2) is 0 Å². The third-order valence-corrected chi connectivity index (χ3v) is 4.51. The monoisotopic (exact) mass is 362 g/mol. The van der Waals surface area contributed by atoms with E-state index in [1.54, 1.807) is 4.68 Å². The topological polar surface area (TPSA) is 50.2 Å². The molecule has 0 aliphatic carbocycles. The van der Waals surface area contributed by atoms with E-state index in [1.807, 2.05) is 62.4 Å². The molecular formula is C22H26N4O. The average molecular weight is 362 g/mol. The molecular weight excluding hydrogens is 336 g/mol. The Hall–Kier alpha value is -2.92. The van der Waals surface area contributed by atoms with E-state index in [2.05, 4.69) is 34.4 Å². The molecule has 0 radical (unpaired) electrons. The maximum absolute atomic E-state index is 12.7. The van der Waals surface area contributed by atoms with Crippen molar-refractivity contribution in [3.05, 3.63) is 77.5 Å². The minimum Gasteiger partial charge on any atom is -0.309 e. The van der Waals surface area contributed by atoms with Crippen molar-refractivity contribution in [2.24, 2.45) is 0 Å². The van der Waals surface area contributed by atoms with Gasteiger partial charge in [-0.3, -0.25) is 9.69 Å². The summed E-state index contributed by atoms with van der Waals surface area (Å²) in [6.07, 6.45) is 0. The third-order valence-electron chi connectivity index (χ3n) is 4.51. The first-order chi connectivity index (χ1) is 13.1. The molecule has 1 amide bonds. The van der Waals surface area contributed by atoms with Crippen LogP contribution in [0.2, 0.25) is 0 Å². The number of carbonyl (C=O) groups excluding carboxylic acids is 1. The number of nitrogens with zero attached hydrogens (tertiary/aromatic N) is 3. The third kappa shape index (κ3) is 4.83. The van der Waals surface area contributed by atoms with E-state index in [9.17, 15) is 4.79 Å². The average Bonchev–Trinajstić information content (AvgIpc) is 3.02. The Morgan fingerprint density at radius 3 is 2.48 bits per heavy atom. The van der Waals surface area contributed by atoms with Crippen LogP contribution < -0.4 is 5.32 Å². The van der Waals surface area contributed by atoms with Crippen LogP contribution in [0.5, 0.6) is 0 Å². The Labute approximate surface area is 160 Å². The van der Waals surface area contributed by atoms with Gasteiger partial charge in [0.2, 0.25) is 5.91 Å². The largest absolute Gasteiger partial charge is 0.309 e. The lowest BCUT2D eigenvalue weighted by molar-refractivity contribution is -0.117. The van der Waals surface area contributed by atoms with Crippen LogP contribution in [0.15, 0.2) is 60.7 Å². The number of likely N-dealkylation sites (N-methyl/N-ethyl adjacent to an activating group) is 1. The van der Waals surface area contributed by atoms with Gasteiger partial charge in [0, 0.05) is 12.6 Å².